The summed E-state index contributed by atoms with van der Waals surface area (Å²) in [5.41, 5.74) is 5.72. The van der Waals surface area contributed by atoms with Crippen molar-refractivity contribution in [1.82, 2.24) is 9.55 Å². The summed E-state index contributed by atoms with van der Waals surface area (Å²) in [7, 11) is 1.58. The van der Waals surface area contributed by atoms with Crippen molar-refractivity contribution in [2.45, 2.75) is 12.8 Å². The SMILES string of the molecule is COc1ccccc1NC(=O)Nc1ccc(CCc2nc3ccccc3n2-c2ccccc2)cc1. The van der Waals surface area contributed by atoms with Crippen molar-refractivity contribution in [3.63, 3.8) is 0 Å². The Morgan fingerprint density at radius 3 is 2.31 bits per heavy atom. The molecule has 0 spiro atoms. The van der Waals surface area contributed by atoms with Crippen molar-refractivity contribution in [1.29, 1.82) is 0 Å². The lowest BCUT2D eigenvalue weighted by molar-refractivity contribution is 0.262. The van der Waals surface area contributed by atoms with Crippen LogP contribution in [-0.4, -0.2) is 22.7 Å². The molecule has 0 unspecified atom stereocenters. The Morgan fingerprint density at radius 2 is 1.51 bits per heavy atom. The fourth-order valence-corrected chi connectivity index (χ4v) is 4.15. The Morgan fingerprint density at radius 1 is 0.800 bits per heavy atom. The molecule has 0 radical (unpaired) electrons. The number of anilines is 2. The predicted octanol–water partition coefficient (Wildman–Crippen LogP) is 6.46. The van der Waals surface area contributed by atoms with Crippen molar-refractivity contribution >= 4 is 28.4 Å². The van der Waals surface area contributed by atoms with E-state index in [9.17, 15) is 4.79 Å². The molecule has 174 valence electrons. The molecule has 6 heteroatoms. The highest BCUT2D eigenvalue weighted by molar-refractivity contribution is 6.00. The van der Waals surface area contributed by atoms with Crippen molar-refractivity contribution in [3.05, 3.63) is 115 Å². The lowest BCUT2D eigenvalue weighted by Crippen LogP contribution is -2.19. The van der Waals surface area contributed by atoms with Gasteiger partial charge in [-0.3, -0.25) is 4.57 Å². The standard InChI is InChI=1S/C29H26N4O2/c1-35-27-14-8-6-12-25(27)32-29(34)30-22-18-15-21(16-19-22)17-20-28-31-24-11-5-7-13-26(24)33(28)23-9-3-2-4-10-23/h2-16,18-19H,17,20H2,1H3,(H2,30,32,34). The van der Waals surface area contributed by atoms with Crippen molar-refractivity contribution < 1.29 is 9.53 Å². The van der Waals surface area contributed by atoms with Crippen LogP contribution >= 0.6 is 0 Å². The van der Waals surface area contributed by atoms with E-state index in [1.807, 2.05) is 66.7 Å². The second kappa shape index (κ2) is 10.1. The number of nitrogens with one attached hydrogen (secondary N) is 2. The Bertz CT molecular complexity index is 1440. The van der Waals surface area contributed by atoms with Crippen molar-refractivity contribution in [2.75, 3.05) is 17.7 Å². The number of nitrogens with zero attached hydrogens (tertiary/aromatic N) is 2. The fourth-order valence-electron chi connectivity index (χ4n) is 4.15. The molecule has 0 aliphatic heterocycles. The second-order valence-corrected chi connectivity index (χ2v) is 8.16. The first-order valence-electron chi connectivity index (χ1n) is 11.5. The van der Waals surface area contributed by atoms with Crippen LogP contribution in [0.2, 0.25) is 0 Å². The molecule has 35 heavy (non-hydrogen) atoms. The van der Waals surface area contributed by atoms with Gasteiger partial charge in [0.15, 0.2) is 0 Å². The predicted molar refractivity (Wildman–Crippen MR) is 141 cm³/mol. The average Bonchev–Trinajstić information content (AvgIpc) is 3.27. The molecule has 5 aromatic rings. The maximum atomic E-state index is 12.4. The van der Waals surface area contributed by atoms with Gasteiger partial charge in [0, 0.05) is 17.8 Å². The maximum Gasteiger partial charge on any atom is 0.323 e. The normalized spacial score (nSPS) is 10.8. The second-order valence-electron chi connectivity index (χ2n) is 8.16. The number of hydrogen-bond acceptors (Lipinski definition) is 3. The van der Waals surface area contributed by atoms with E-state index < -0.39 is 0 Å². The summed E-state index contributed by atoms with van der Waals surface area (Å²) in [6.07, 6.45) is 1.63. The molecule has 1 aromatic heterocycles. The number of aryl methyl sites for hydroxylation is 2. The number of carbonyl (C=O) groups is 1. The van der Waals surface area contributed by atoms with E-state index in [-0.39, 0.29) is 6.03 Å². The lowest BCUT2D eigenvalue weighted by Gasteiger charge is -2.11. The molecule has 0 saturated heterocycles. The number of amides is 2. The van der Waals surface area contributed by atoms with E-state index in [4.69, 9.17) is 9.72 Å². The summed E-state index contributed by atoms with van der Waals surface area (Å²) in [6.45, 7) is 0. The molecule has 5 rings (SSSR count). The quantitative estimate of drug-likeness (QED) is 0.292. The Kier molecular flexibility index (Phi) is 6.44. The number of rotatable bonds is 7. The summed E-state index contributed by atoms with van der Waals surface area (Å²) in [5, 5.41) is 5.69. The molecule has 4 aromatic carbocycles. The minimum Gasteiger partial charge on any atom is -0.495 e. The first kappa shape index (κ1) is 22.2. The van der Waals surface area contributed by atoms with E-state index >= 15 is 0 Å². The van der Waals surface area contributed by atoms with Gasteiger partial charge in [0.2, 0.25) is 0 Å². The summed E-state index contributed by atoms with van der Waals surface area (Å²) < 4.78 is 7.51. The van der Waals surface area contributed by atoms with E-state index in [0.717, 1.165) is 41.1 Å². The molecule has 6 nitrogen and oxygen atoms in total. The molecule has 0 aliphatic carbocycles. The number of carbonyl (C=O) groups excluding carboxylic acids is 1. The van der Waals surface area contributed by atoms with Crippen LogP contribution < -0.4 is 15.4 Å². The molecule has 0 saturated carbocycles. The van der Waals surface area contributed by atoms with Crippen LogP contribution in [0.25, 0.3) is 16.7 Å². The van der Waals surface area contributed by atoms with Gasteiger partial charge in [0.25, 0.3) is 0 Å². The van der Waals surface area contributed by atoms with Crippen LogP contribution in [0.1, 0.15) is 11.4 Å². The number of methoxy groups -OCH3 is 1. The van der Waals surface area contributed by atoms with E-state index in [0.29, 0.717) is 11.4 Å². The van der Waals surface area contributed by atoms with E-state index in [2.05, 4.69) is 39.5 Å². The molecule has 0 bridgehead atoms. The molecule has 1 heterocycles. The van der Waals surface area contributed by atoms with E-state index in [1.54, 1.807) is 19.2 Å². The lowest BCUT2D eigenvalue weighted by atomic mass is 10.1. The van der Waals surface area contributed by atoms with Gasteiger partial charge in [0.1, 0.15) is 11.6 Å². The van der Waals surface area contributed by atoms with Gasteiger partial charge in [0.05, 0.1) is 23.8 Å². The summed E-state index contributed by atoms with van der Waals surface area (Å²) in [5.74, 6) is 1.63. The third kappa shape index (κ3) is 5.01. The van der Waals surface area contributed by atoms with Crippen LogP contribution in [0.5, 0.6) is 5.75 Å². The van der Waals surface area contributed by atoms with E-state index in [1.165, 1.54) is 5.56 Å². The first-order chi connectivity index (χ1) is 17.2. The molecule has 2 N–H and O–H groups in total. The number of fused-ring (bicyclic) bond motifs is 1. The Labute approximate surface area is 204 Å². The molecular weight excluding hydrogens is 436 g/mol. The summed E-state index contributed by atoms with van der Waals surface area (Å²) >= 11 is 0. The van der Waals surface area contributed by atoms with Gasteiger partial charge >= 0.3 is 6.03 Å². The molecule has 0 aliphatic rings. The number of urea groups is 1. The van der Waals surface area contributed by atoms with Crippen molar-refractivity contribution in [3.8, 4) is 11.4 Å². The highest BCUT2D eigenvalue weighted by Gasteiger charge is 2.12. The highest BCUT2D eigenvalue weighted by atomic mass is 16.5. The highest BCUT2D eigenvalue weighted by Crippen LogP contribution is 2.24. The summed E-state index contributed by atoms with van der Waals surface area (Å²) in [6, 6.07) is 33.4. The molecule has 0 fully saturated rings. The number of benzene rings is 4. The fraction of sp³-hybridized carbons (Fsp3) is 0.103. The molecule has 2 amide bonds. The number of ether oxygens (including phenoxy) is 1. The summed E-state index contributed by atoms with van der Waals surface area (Å²) in [4.78, 5) is 17.3. The zero-order chi connectivity index (χ0) is 24.0. The number of aromatic nitrogens is 2. The largest absolute Gasteiger partial charge is 0.495 e. The van der Waals surface area contributed by atoms with Gasteiger partial charge < -0.3 is 15.4 Å². The Balaban J connectivity index is 1.27. The van der Waals surface area contributed by atoms with Crippen LogP contribution in [0, 0.1) is 0 Å². The first-order valence-corrected chi connectivity index (χ1v) is 11.5. The number of para-hydroxylation sites is 5. The topological polar surface area (TPSA) is 68.2 Å². The van der Waals surface area contributed by atoms with Crippen LogP contribution in [0.4, 0.5) is 16.2 Å². The zero-order valence-electron chi connectivity index (χ0n) is 19.4. The average molecular weight is 463 g/mol. The zero-order valence-corrected chi connectivity index (χ0v) is 19.4. The van der Waals surface area contributed by atoms with Gasteiger partial charge in [-0.2, -0.15) is 0 Å². The smallest absolute Gasteiger partial charge is 0.323 e. The van der Waals surface area contributed by atoms with Crippen LogP contribution in [-0.2, 0) is 12.8 Å². The maximum absolute atomic E-state index is 12.4. The monoisotopic (exact) mass is 462 g/mol. The van der Waals surface area contributed by atoms with Gasteiger partial charge in [-0.25, -0.2) is 9.78 Å². The Hall–Kier alpha value is -4.58. The van der Waals surface area contributed by atoms with Gasteiger partial charge in [-0.15, -0.1) is 0 Å². The molecule has 0 atom stereocenters. The number of imidazole rings is 1. The minimum absolute atomic E-state index is 0.321. The van der Waals surface area contributed by atoms with Crippen LogP contribution in [0.15, 0.2) is 103 Å². The van der Waals surface area contributed by atoms with Gasteiger partial charge in [-0.1, -0.05) is 54.6 Å². The van der Waals surface area contributed by atoms with Crippen molar-refractivity contribution in [2.24, 2.45) is 0 Å². The van der Waals surface area contributed by atoms with Crippen LogP contribution in [0.3, 0.4) is 0 Å². The minimum atomic E-state index is -0.321. The third-order valence-corrected chi connectivity index (χ3v) is 5.85. The third-order valence-electron chi connectivity index (χ3n) is 5.85. The molecular formula is C29H26N4O2. The van der Waals surface area contributed by atoms with Gasteiger partial charge in [-0.05, 0) is 60.5 Å². The number of hydrogen-bond donors (Lipinski definition) is 2.